The lowest BCUT2D eigenvalue weighted by Crippen LogP contribution is -2.00. The van der Waals surface area contributed by atoms with Gasteiger partial charge in [0.1, 0.15) is 0 Å². The maximum atomic E-state index is 10.2. The Balaban J connectivity index is 1.43. The van der Waals surface area contributed by atoms with Crippen molar-refractivity contribution >= 4 is 65.4 Å². The van der Waals surface area contributed by atoms with E-state index in [1.165, 1.54) is 9.13 Å². The highest BCUT2D eigenvalue weighted by Crippen LogP contribution is 2.42. The predicted molar refractivity (Wildman–Crippen MR) is 215 cm³/mol. The van der Waals surface area contributed by atoms with E-state index in [9.17, 15) is 13.7 Å². The fraction of sp³-hybridized carbons (Fsp3) is 0. The summed E-state index contributed by atoms with van der Waals surface area (Å²) in [5.41, 5.74) is -2.65. The van der Waals surface area contributed by atoms with Gasteiger partial charge in [0, 0.05) is 49.3 Å². The fourth-order valence-electron chi connectivity index (χ4n) is 7.00. The molecule has 0 aliphatic rings. The summed E-state index contributed by atoms with van der Waals surface area (Å²) >= 11 is 0. The lowest BCUT2D eigenvalue weighted by atomic mass is 10.00. The molecule has 51 heavy (non-hydrogen) atoms. The van der Waals surface area contributed by atoms with Crippen LogP contribution in [-0.2, 0) is 0 Å². The lowest BCUT2D eigenvalue weighted by Gasteiger charge is -2.14. The van der Waals surface area contributed by atoms with Gasteiger partial charge in [-0.15, -0.1) is 0 Å². The summed E-state index contributed by atoms with van der Waals surface area (Å²) in [6.07, 6.45) is 0. The average molecular weight is 671 g/mol. The zero-order valence-electron chi connectivity index (χ0n) is 47.1. The first-order chi connectivity index (χ1) is 34.1. The second-order valence-electron chi connectivity index (χ2n) is 11.7. The summed E-state index contributed by atoms with van der Waals surface area (Å²) in [5.74, 6) is 0. The number of benzene rings is 8. The van der Waals surface area contributed by atoms with Crippen molar-refractivity contribution < 1.29 is 28.8 Å². The maximum absolute atomic E-state index is 10.2. The van der Waals surface area contributed by atoms with Gasteiger partial charge in [0.25, 0.3) is 0 Å². The van der Waals surface area contributed by atoms with E-state index in [2.05, 4.69) is 0 Å². The molecule has 3 heteroatoms. The topological polar surface area (TPSA) is 14.8 Å². The van der Waals surface area contributed by atoms with E-state index < -0.39 is 166 Å². The molecular formula is C48H31N3. The summed E-state index contributed by atoms with van der Waals surface area (Å²) in [7, 11) is 0. The predicted octanol–water partition coefficient (Wildman–Crippen LogP) is 12.6. The van der Waals surface area contributed by atoms with Crippen LogP contribution in [-0.4, -0.2) is 13.7 Å². The molecule has 0 saturated carbocycles. The van der Waals surface area contributed by atoms with Crippen LogP contribution in [0.15, 0.2) is 188 Å². The number of aromatic nitrogens is 3. The molecule has 238 valence electrons. The Morgan fingerprint density at radius 1 is 0.353 bits per heavy atom. The van der Waals surface area contributed by atoms with Gasteiger partial charge in [-0.2, -0.15) is 0 Å². The molecule has 3 aromatic heterocycles. The molecule has 0 fully saturated rings. The van der Waals surface area contributed by atoms with E-state index in [0.29, 0.717) is 0 Å². The molecule has 0 aliphatic carbocycles. The van der Waals surface area contributed by atoms with Crippen molar-refractivity contribution in [2.24, 2.45) is 0 Å². The lowest BCUT2D eigenvalue weighted by molar-refractivity contribution is 1.13. The molecule has 11 aromatic rings. The van der Waals surface area contributed by atoms with Crippen molar-refractivity contribution in [2.75, 3.05) is 0 Å². The van der Waals surface area contributed by atoms with Gasteiger partial charge in [0.05, 0.1) is 67.6 Å². The second kappa shape index (κ2) is 10.8. The first-order valence-corrected chi connectivity index (χ1v) is 15.8. The van der Waals surface area contributed by atoms with Crippen molar-refractivity contribution in [1.29, 1.82) is 0 Å². The third-order valence-corrected chi connectivity index (χ3v) is 9.07. The molecule has 0 bridgehead atoms. The van der Waals surface area contributed by atoms with E-state index in [4.69, 9.17) is 15.1 Å². The molecule has 0 N–H and O–H groups in total. The Labute approximate surface area is 324 Å². The number of para-hydroxylation sites is 7. The maximum Gasteiger partial charge on any atom is 0.0782 e. The number of rotatable bonds is 4. The van der Waals surface area contributed by atoms with Crippen molar-refractivity contribution in [3.63, 3.8) is 0 Å². The minimum atomic E-state index is -0.836. The highest BCUT2D eigenvalue weighted by atomic mass is 15.1. The van der Waals surface area contributed by atoms with Crippen LogP contribution in [0.25, 0.3) is 93.6 Å². The zero-order valence-corrected chi connectivity index (χ0v) is 26.1. The molecule has 0 unspecified atom stereocenters. The molecule has 0 saturated heterocycles. The van der Waals surface area contributed by atoms with Crippen LogP contribution >= 0.6 is 0 Å². The van der Waals surface area contributed by atoms with Crippen LogP contribution in [0.5, 0.6) is 0 Å². The van der Waals surface area contributed by atoms with Gasteiger partial charge in [0.15, 0.2) is 0 Å². The smallest absolute Gasteiger partial charge is 0.0782 e. The molecular weight excluding hydrogens is 619 g/mol. The minimum absolute atomic E-state index is 0.163. The summed E-state index contributed by atoms with van der Waals surface area (Å²) in [6, 6.07) is 1.44. The Bertz CT molecular complexity index is 4330. The number of hydrogen-bond acceptors (Lipinski definition) is 0. The summed E-state index contributed by atoms with van der Waals surface area (Å²) in [4.78, 5) is 0. The monoisotopic (exact) mass is 670 g/mol. The fourth-order valence-corrected chi connectivity index (χ4v) is 7.00. The molecule has 3 nitrogen and oxygen atoms in total. The average Bonchev–Trinajstić information content (AvgIpc) is 4.05. The first-order valence-electron chi connectivity index (χ1n) is 26.3. The quantitative estimate of drug-likeness (QED) is 0.177. The number of nitrogens with zero attached hydrogens (tertiary/aromatic N) is 3. The van der Waals surface area contributed by atoms with Gasteiger partial charge in [-0.1, -0.05) is 127 Å². The summed E-state index contributed by atoms with van der Waals surface area (Å²) in [6.45, 7) is 0. The van der Waals surface area contributed by atoms with Crippen LogP contribution in [0.4, 0.5) is 0 Å². The van der Waals surface area contributed by atoms with Gasteiger partial charge in [0.2, 0.25) is 0 Å². The molecule has 0 spiro atoms. The van der Waals surface area contributed by atoms with Crippen LogP contribution in [0.3, 0.4) is 0 Å². The third kappa shape index (κ3) is 4.00. The zero-order chi connectivity index (χ0) is 51.7. The highest BCUT2D eigenvalue weighted by molar-refractivity contribution is 6.17. The van der Waals surface area contributed by atoms with Gasteiger partial charge < -0.3 is 13.7 Å². The van der Waals surface area contributed by atoms with Crippen molar-refractivity contribution in [3.8, 4) is 28.2 Å². The molecule has 11 rings (SSSR count). The Morgan fingerprint density at radius 2 is 0.824 bits per heavy atom. The van der Waals surface area contributed by atoms with Crippen molar-refractivity contribution in [1.82, 2.24) is 13.7 Å². The van der Waals surface area contributed by atoms with Gasteiger partial charge in [-0.3, -0.25) is 0 Å². The van der Waals surface area contributed by atoms with E-state index in [1.54, 1.807) is 60.7 Å². The third-order valence-electron chi connectivity index (χ3n) is 9.07. The van der Waals surface area contributed by atoms with Gasteiger partial charge in [-0.25, -0.2) is 0 Å². The molecule has 0 atom stereocenters. The van der Waals surface area contributed by atoms with E-state index in [1.807, 2.05) is 0 Å². The molecule has 0 radical (unpaired) electrons. The SMILES string of the molecule is [2H]c1c([2H])c([2H])c2c(c1[2H])c1c([2H])c([2H])c([2H])c(-c3c([2H])c([2H])c4c(c3[2H])c3c([2H])c([2H])c([2H])c([2H])c3n4-c3c([2H])c([2H])c([2H])c4c5c([2H])c([2H])c([2H])c([2H])c5n(-c5ccccc5)c34)c1n2-c1ccccc1. The number of hydrogen-bond donors (Lipinski definition) is 0. The van der Waals surface area contributed by atoms with Crippen LogP contribution in [0.2, 0.25) is 0 Å². The second-order valence-corrected chi connectivity index (χ2v) is 11.7. The van der Waals surface area contributed by atoms with Gasteiger partial charge >= 0.3 is 0 Å². The van der Waals surface area contributed by atoms with E-state index in [0.717, 1.165) is 4.57 Å². The van der Waals surface area contributed by atoms with Crippen molar-refractivity contribution in [3.05, 3.63) is 188 Å². The Hall–Kier alpha value is -6.84. The Morgan fingerprint density at radius 3 is 1.45 bits per heavy atom. The first kappa shape index (κ1) is 14.6. The van der Waals surface area contributed by atoms with Crippen LogP contribution in [0.1, 0.15) is 28.8 Å². The van der Waals surface area contributed by atoms with Gasteiger partial charge in [-0.05, 0) is 66.1 Å². The normalized spacial score (nSPS) is 17.7. The molecule has 0 aliphatic heterocycles. The summed E-state index contributed by atoms with van der Waals surface area (Å²) < 4.78 is 197. The highest BCUT2D eigenvalue weighted by Gasteiger charge is 2.21. The standard InChI is InChI=1S/C48H31N3/c1-3-15-33(16-4-1)49-42-25-10-7-19-36(42)39-23-13-22-35(47(39)49)32-29-30-45-41(31-32)38-21-9-12-27-44(38)51(45)46-28-14-24-40-37-20-8-11-26-43(37)50(48(40)46)34-17-5-2-6-18-34/h1-31H/i7D,8D,9D,10D,11D,12D,13D,14D,19D,20D,21D,22D,23D,24D,25D,26D,27D,28D,29D,30D,31D. The Kier molecular flexibility index (Phi) is 3.09. The van der Waals surface area contributed by atoms with Crippen molar-refractivity contribution in [2.45, 2.75) is 0 Å². The van der Waals surface area contributed by atoms with E-state index in [-0.39, 0.29) is 55.0 Å². The van der Waals surface area contributed by atoms with Crippen LogP contribution in [0, 0.1) is 0 Å². The summed E-state index contributed by atoms with van der Waals surface area (Å²) in [5, 5.41) is -1.78. The molecule has 0 amide bonds. The minimum Gasteiger partial charge on any atom is -0.309 e. The molecule has 8 aromatic carbocycles. The van der Waals surface area contributed by atoms with Crippen LogP contribution < -0.4 is 0 Å². The number of fused-ring (bicyclic) bond motifs is 9. The molecule has 3 heterocycles. The largest absolute Gasteiger partial charge is 0.309 e. The van der Waals surface area contributed by atoms with E-state index >= 15 is 0 Å².